The molecule has 0 radical (unpaired) electrons. The van der Waals surface area contributed by atoms with E-state index in [1.807, 2.05) is 0 Å². The molecule has 0 spiro atoms. The molecular weight excluding hydrogens is 335 g/mol. The maximum atomic E-state index is 13.7. The maximum absolute atomic E-state index is 13.7. The number of rotatable bonds is 2. The van der Waals surface area contributed by atoms with Crippen LogP contribution in [0.4, 0.5) is 10.1 Å². The monoisotopic (exact) mass is 348 g/mol. The molecule has 2 rings (SSSR count). The van der Waals surface area contributed by atoms with Gasteiger partial charge in [0.05, 0.1) is 5.02 Å². The molecule has 2 N–H and O–H groups in total. The van der Waals surface area contributed by atoms with Gasteiger partial charge in [0, 0.05) is 34.1 Å². The minimum atomic E-state index is -0.503. The molecule has 0 bridgehead atoms. The number of anilines is 1. The van der Waals surface area contributed by atoms with E-state index in [0.717, 1.165) is 25.9 Å². The van der Waals surface area contributed by atoms with Gasteiger partial charge in [0.2, 0.25) is 0 Å². The lowest BCUT2D eigenvalue weighted by Crippen LogP contribution is -2.17. The van der Waals surface area contributed by atoms with Crippen molar-refractivity contribution >= 4 is 39.4 Å². The van der Waals surface area contributed by atoms with E-state index in [4.69, 9.17) is 22.1 Å². The molecule has 19 heavy (non-hydrogen) atoms. The Hall–Kier alpha value is -0.650. The average Bonchev–Trinajstić information content (AvgIpc) is 2.44. The van der Waals surface area contributed by atoms with Crippen molar-refractivity contribution in [3.63, 3.8) is 0 Å². The van der Waals surface area contributed by atoms with Crippen molar-refractivity contribution in [2.24, 2.45) is 4.99 Å². The summed E-state index contributed by atoms with van der Waals surface area (Å²) in [6.45, 7) is 2.32. The van der Waals surface area contributed by atoms with Crippen LogP contribution in [0, 0.1) is 12.7 Å². The Bertz CT molecular complexity index is 487. The summed E-state index contributed by atoms with van der Waals surface area (Å²) in [7, 11) is 0. The van der Waals surface area contributed by atoms with Crippen molar-refractivity contribution in [3.8, 4) is 0 Å². The van der Waals surface area contributed by atoms with E-state index in [1.165, 1.54) is 0 Å². The van der Waals surface area contributed by atoms with Crippen LogP contribution >= 0.6 is 27.5 Å². The summed E-state index contributed by atoms with van der Waals surface area (Å²) < 4.78 is 19.6. The third-order valence-corrected chi connectivity index (χ3v) is 4.58. The number of hydrogen-bond acceptors (Lipinski definition) is 3. The SMILES string of the molecule is Cc1c(N)c(C=NC2CCCCO2)c(Br)c(Cl)c1F. The summed E-state index contributed by atoms with van der Waals surface area (Å²) in [5, 5.41) is 0.0257. The molecule has 1 heterocycles. The molecule has 1 unspecified atom stereocenters. The fraction of sp³-hybridized carbons (Fsp3) is 0.462. The largest absolute Gasteiger partial charge is 0.398 e. The highest BCUT2D eigenvalue weighted by Gasteiger charge is 2.17. The Labute approximate surface area is 125 Å². The molecule has 1 aliphatic rings. The van der Waals surface area contributed by atoms with Gasteiger partial charge in [-0.1, -0.05) is 11.6 Å². The molecule has 0 saturated carbocycles. The summed E-state index contributed by atoms with van der Waals surface area (Å²) in [4.78, 5) is 4.35. The van der Waals surface area contributed by atoms with E-state index in [-0.39, 0.29) is 11.3 Å². The first-order chi connectivity index (χ1) is 9.02. The minimum absolute atomic E-state index is 0.0257. The van der Waals surface area contributed by atoms with Gasteiger partial charge in [0.1, 0.15) is 12.0 Å². The van der Waals surface area contributed by atoms with Crippen molar-refractivity contribution in [2.45, 2.75) is 32.4 Å². The summed E-state index contributed by atoms with van der Waals surface area (Å²) in [5.41, 5.74) is 7.18. The van der Waals surface area contributed by atoms with Crippen LogP contribution in [-0.4, -0.2) is 19.0 Å². The fourth-order valence-electron chi connectivity index (χ4n) is 1.94. The van der Waals surface area contributed by atoms with Crippen LogP contribution in [0.25, 0.3) is 0 Å². The van der Waals surface area contributed by atoms with Crippen LogP contribution in [0.2, 0.25) is 5.02 Å². The predicted molar refractivity (Wildman–Crippen MR) is 79.4 cm³/mol. The second-order valence-electron chi connectivity index (χ2n) is 4.49. The van der Waals surface area contributed by atoms with Gasteiger partial charge in [-0.15, -0.1) is 0 Å². The molecule has 0 aliphatic carbocycles. The van der Waals surface area contributed by atoms with Gasteiger partial charge in [-0.2, -0.15) is 0 Å². The molecule has 3 nitrogen and oxygen atoms in total. The molecule has 104 valence electrons. The lowest BCUT2D eigenvalue weighted by Gasteiger charge is -2.19. The maximum Gasteiger partial charge on any atom is 0.148 e. The standard InChI is InChI=1S/C13H15BrClFN2O/c1-7-12(16)11(15)10(14)8(13(7)17)6-18-9-4-2-3-5-19-9/h6,9H,2-5,17H2,1H3. The van der Waals surface area contributed by atoms with E-state index in [2.05, 4.69) is 20.9 Å². The van der Waals surface area contributed by atoms with Gasteiger partial charge >= 0.3 is 0 Å². The zero-order valence-electron chi connectivity index (χ0n) is 10.5. The van der Waals surface area contributed by atoms with Crippen molar-refractivity contribution in [3.05, 3.63) is 26.4 Å². The highest BCUT2D eigenvalue weighted by molar-refractivity contribution is 9.10. The van der Waals surface area contributed by atoms with Crippen molar-refractivity contribution < 1.29 is 9.13 Å². The third-order valence-electron chi connectivity index (χ3n) is 3.17. The van der Waals surface area contributed by atoms with Gasteiger partial charge in [0.25, 0.3) is 0 Å². The number of nitrogens with zero attached hydrogens (tertiary/aromatic N) is 1. The van der Waals surface area contributed by atoms with Crippen molar-refractivity contribution in [1.29, 1.82) is 0 Å². The lowest BCUT2D eigenvalue weighted by atomic mass is 10.1. The van der Waals surface area contributed by atoms with E-state index in [9.17, 15) is 4.39 Å². The van der Waals surface area contributed by atoms with Gasteiger partial charge < -0.3 is 10.5 Å². The van der Waals surface area contributed by atoms with Gasteiger partial charge in [-0.25, -0.2) is 4.39 Å². The van der Waals surface area contributed by atoms with Crippen LogP contribution < -0.4 is 5.73 Å². The first kappa shape index (κ1) is 14.8. The molecule has 1 aromatic carbocycles. The minimum Gasteiger partial charge on any atom is -0.398 e. The third kappa shape index (κ3) is 3.09. The number of ether oxygens (including phenoxy) is 1. The number of benzene rings is 1. The molecule has 1 saturated heterocycles. The number of nitrogen functional groups attached to an aromatic ring is 1. The first-order valence-corrected chi connectivity index (χ1v) is 7.26. The highest BCUT2D eigenvalue weighted by atomic mass is 79.9. The quantitative estimate of drug-likeness (QED) is 0.497. The number of halogens is 3. The van der Waals surface area contributed by atoms with Gasteiger partial charge in [-0.3, -0.25) is 4.99 Å². The van der Waals surface area contributed by atoms with Gasteiger partial charge in [0.15, 0.2) is 0 Å². The topological polar surface area (TPSA) is 47.6 Å². The van der Waals surface area contributed by atoms with Gasteiger partial charge in [-0.05, 0) is 42.1 Å². The number of hydrogen-bond donors (Lipinski definition) is 1. The Balaban J connectivity index is 2.31. The Kier molecular flexibility index (Phi) is 4.81. The summed E-state index contributed by atoms with van der Waals surface area (Å²) >= 11 is 9.17. The molecule has 1 fully saturated rings. The predicted octanol–water partition coefficient (Wildman–Crippen LogP) is 4.08. The highest BCUT2D eigenvalue weighted by Crippen LogP contribution is 2.35. The zero-order valence-corrected chi connectivity index (χ0v) is 12.9. The molecular formula is C13H15BrClFN2O. The average molecular weight is 350 g/mol. The first-order valence-electron chi connectivity index (χ1n) is 6.09. The normalized spacial score (nSPS) is 20.1. The molecule has 0 aromatic heterocycles. The Morgan fingerprint density at radius 2 is 2.26 bits per heavy atom. The fourth-order valence-corrected chi connectivity index (χ4v) is 2.68. The van der Waals surface area contributed by atoms with Crippen molar-refractivity contribution in [1.82, 2.24) is 0 Å². The van der Waals surface area contributed by atoms with Crippen LogP contribution in [-0.2, 0) is 4.74 Å². The number of aliphatic imine (C=N–C) groups is 1. The Morgan fingerprint density at radius 3 is 2.89 bits per heavy atom. The van der Waals surface area contributed by atoms with Crippen LogP contribution in [0.3, 0.4) is 0 Å². The summed E-state index contributed by atoms with van der Waals surface area (Å²) in [6.07, 6.45) is 4.51. The van der Waals surface area contributed by atoms with E-state index in [1.54, 1.807) is 13.1 Å². The second kappa shape index (κ2) is 6.20. The number of nitrogens with two attached hydrogens (primary N) is 1. The van der Waals surface area contributed by atoms with E-state index in [0.29, 0.717) is 21.3 Å². The smallest absolute Gasteiger partial charge is 0.148 e. The molecule has 6 heteroatoms. The molecule has 1 aromatic rings. The Morgan fingerprint density at radius 1 is 1.53 bits per heavy atom. The molecule has 1 aliphatic heterocycles. The van der Waals surface area contributed by atoms with Crippen LogP contribution in [0.15, 0.2) is 9.47 Å². The molecule has 0 amide bonds. The van der Waals surface area contributed by atoms with Crippen molar-refractivity contribution in [2.75, 3.05) is 12.3 Å². The van der Waals surface area contributed by atoms with E-state index >= 15 is 0 Å². The summed E-state index contributed by atoms with van der Waals surface area (Å²) in [5.74, 6) is -0.503. The lowest BCUT2D eigenvalue weighted by molar-refractivity contribution is 0.0227. The van der Waals surface area contributed by atoms with E-state index < -0.39 is 5.82 Å². The second-order valence-corrected chi connectivity index (χ2v) is 5.66. The van der Waals surface area contributed by atoms with Crippen LogP contribution in [0.5, 0.6) is 0 Å². The zero-order chi connectivity index (χ0) is 14.0. The molecule has 1 atom stereocenters. The van der Waals surface area contributed by atoms with Crippen LogP contribution in [0.1, 0.15) is 30.4 Å². The summed E-state index contributed by atoms with van der Waals surface area (Å²) in [6, 6.07) is 0.